The molecule has 2 rings (SSSR count). The zero-order valence-corrected chi connectivity index (χ0v) is 11.8. The smallest absolute Gasteiger partial charge is 0.340 e. The largest absolute Gasteiger partial charge is 0.456 e. The van der Waals surface area contributed by atoms with E-state index in [1.807, 2.05) is 39.0 Å². The van der Waals surface area contributed by atoms with Crippen LogP contribution in [0.4, 0.5) is 5.69 Å². The number of hydrogen-bond donors (Lipinski definition) is 1. The molecular weight excluding hydrogens is 240 g/mol. The third-order valence-corrected chi connectivity index (χ3v) is 2.89. The molecule has 19 heavy (non-hydrogen) atoms. The molecule has 4 nitrogen and oxygen atoms in total. The Hall–Kier alpha value is -1.55. The van der Waals surface area contributed by atoms with Crippen LogP contribution in [-0.2, 0) is 4.74 Å². The average molecular weight is 261 g/mol. The number of hydrogen-bond acceptors (Lipinski definition) is 4. The standard InChI is InChI=1S/C15H21N2O2/c1-15(2,3)19-14(18)12-6-4-5-7-13(12)17-10-8-16-9-11-17/h4-6,16H,8-11H2,1-3H3. The molecule has 1 aromatic rings. The van der Waals surface area contributed by atoms with Crippen LogP contribution in [0.2, 0.25) is 0 Å². The predicted molar refractivity (Wildman–Crippen MR) is 75.5 cm³/mol. The van der Waals surface area contributed by atoms with Crippen LogP contribution in [-0.4, -0.2) is 37.7 Å². The van der Waals surface area contributed by atoms with Crippen molar-refractivity contribution in [2.45, 2.75) is 26.4 Å². The first kappa shape index (κ1) is 13.9. The molecule has 1 radical (unpaired) electrons. The molecule has 4 heteroatoms. The van der Waals surface area contributed by atoms with E-state index in [0.29, 0.717) is 5.56 Å². The number of para-hydroxylation sites is 1. The highest BCUT2D eigenvalue weighted by atomic mass is 16.6. The molecule has 1 heterocycles. The van der Waals surface area contributed by atoms with E-state index in [1.54, 1.807) is 0 Å². The predicted octanol–water partition coefficient (Wildman–Crippen LogP) is 1.85. The molecule has 1 aliphatic rings. The summed E-state index contributed by atoms with van der Waals surface area (Å²) in [5.74, 6) is -0.280. The Morgan fingerprint density at radius 3 is 2.68 bits per heavy atom. The molecule has 1 fully saturated rings. The summed E-state index contributed by atoms with van der Waals surface area (Å²) in [5.41, 5.74) is 0.964. The van der Waals surface area contributed by atoms with Crippen LogP contribution in [0.3, 0.4) is 0 Å². The van der Waals surface area contributed by atoms with Gasteiger partial charge in [0.1, 0.15) is 5.60 Å². The number of nitrogens with one attached hydrogen (secondary N) is 1. The monoisotopic (exact) mass is 261 g/mol. The Bertz CT molecular complexity index is 446. The average Bonchev–Trinajstić information content (AvgIpc) is 2.38. The quantitative estimate of drug-likeness (QED) is 0.825. The lowest BCUT2D eigenvalue weighted by molar-refractivity contribution is 0.00702. The maximum atomic E-state index is 12.2. The topological polar surface area (TPSA) is 41.6 Å². The summed E-state index contributed by atoms with van der Waals surface area (Å²) in [6.45, 7) is 9.26. The number of piperazine rings is 1. The first-order valence-corrected chi connectivity index (χ1v) is 6.67. The van der Waals surface area contributed by atoms with Gasteiger partial charge in [0.25, 0.3) is 0 Å². The van der Waals surface area contributed by atoms with Crippen molar-refractivity contribution in [3.05, 3.63) is 29.8 Å². The van der Waals surface area contributed by atoms with Gasteiger partial charge < -0.3 is 15.0 Å². The Kier molecular flexibility index (Phi) is 4.10. The third-order valence-electron chi connectivity index (χ3n) is 2.89. The SMILES string of the molecule is CC(C)(C)OC(=O)c1ccc[c]c1N1CCNCC1. The maximum absolute atomic E-state index is 12.2. The van der Waals surface area contributed by atoms with Gasteiger partial charge in [-0.3, -0.25) is 0 Å². The van der Waals surface area contributed by atoms with Gasteiger partial charge >= 0.3 is 5.97 Å². The summed E-state index contributed by atoms with van der Waals surface area (Å²) >= 11 is 0. The highest BCUT2D eigenvalue weighted by Gasteiger charge is 2.23. The normalized spacial score (nSPS) is 16.3. The minimum Gasteiger partial charge on any atom is -0.456 e. The fourth-order valence-electron chi connectivity index (χ4n) is 2.08. The lowest BCUT2D eigenvalue weighted by Gasteiger charge is -2.31. The summed E-state index contributed by atoms with van der Waals surface area (Å²) in [7, 11) is 0. The minimum absolute atomic E-state index is 0.280. The second-order valence-corrected chi connectivity index (χ2v) is 5.67. The van der Waals surface area contributed by atoms with Crippen LogP contribution in [0.25, 0.3) is 0 Å². The summed E-state index contributed by atoms with van der Waals surface area (Å²) in [4.78, 5) is 14.4. The van der Waals surface area contributed by atoms with Gasteiger partial charge in [0, 0.05) is 32.2 Å². The van der Waals surface area contributed by atoms with E-state index >= 15 is 0 Å². The zero-order valence-electron chi connectivity index (χ0n) is 11.8. The number of nitrogens with zero attached hydrogens (tertiary/aromatic N) is 1. The van der Waals surface area contributed by atoms with Crippen molar-refractivity contribution in [3.63, 3.8) is 0 Å². The number of ether oxygens (including phenoxy) is 1. The Morgan fingerprint density at radius 1 is 1.37 bits per heavy atom. The van der Waals surface area contributed by atoms with E-state index in [4.69, 9.17) is 4.74 Å². The van der Waals surface area contributed by atoms with E-state index < -0.39 is 5.60 Å². The van der Waals surface area contributed by atoms with E-state index in [9.17, 15) is 4.79 Å². The van der Waals surface area contributed by atoms with E-state index in [2.05, 4.69) is 16.3 Å². The van der Waals surface area contributed by atoms with Gasteiger partial charge in [-0.2, -0.15) is 0 Å². The number of rotatable bonds is 2. The third kappa shape index (κ3) is 3.70. The number of anilines is 1. The van der Waals surface area contributed by atoms with Gasteiger partial charge in [-0.25, -0.2) is 4.79 Å². The van der Waals surface area contributed by atoms with Gasteiger partial charge in [0.15, 0.2) is 0 Å². The van der Waals surface area contributed by atoms with E-state index in [1.165, 1.54) is 0 Å². The molecule has 0 amide bonds. The van der Waals surface area contributed by atoms with Crippen molar-refractivity contribution in [2.24, 2.45) is 0 Å². The summed E-state index contributed by atoms with van der Waals surface area (Å²) in [5, 5.41) is 3.30. The van der Waals surface area contributed by atoms with Gasteiger partial charge in [-0.1, -0.05) is 12.1 Å². The summed E-state index contributed by atoms with van der Waals surface area (Å²) < 4.78 is 5.45. The zero-order chi connectivity index (χ0) is 13.9. The maximum Gasteiger partial charge on any atom is 0.340 e. The number of carbonyl (C=O) groups is 1. The van der Waals surface area contributed by atoms with E-state index in [-0.39, 0.29) is 5.97 Å². The molecule has 0 aromatic heterocycles. The minimum atomic E-state index is -0.479. The van der Waals surface area contributed by atoms with E-state index in [0.717, 1.165) is 31.9 Å². The van der Waals surface area contributed by atoms with Crippen molar-refractivity contribution >= 4 is 11.7 Å². The van der Waals surface area contributed by atoms with Crippen LogP contribution in [0.1, 0.15) is 31.1 Å². The molecule has 1 saturated heterocycles. The fraction of sp³-hybridized carbons (Fsp3) is 0.533. The molecule has 1 N–H and O–H groups in total. The number of esters is 1. The van der Waals surface area contributed by atoms with Crippen molar-refractivity contribution in [1.29, 1.82) is 0 Å². The molecule has 103 valence electrons. The van der Waals surface area contributed by atoms with Crippen molar-refractivity contribution in [3.8, 4) is 0 Å². The highest BCUT2D eigenvalue weighted by Crippen LogP contribution is 2.23. The molecule has 0 unspecified atom stereocenters. The van der Waals surface area contributed by atoms with Crippen molar-refractivity contribution < 1.29 is 9.53 Å². The van der Waals surface area contributed by atoms with Crippen LogP contribution in [0, 0.1) is 6.07 Å². The molecular formula is C15H21N2O2. The Morgan fingerprint density at radius 2 is 2.05 bits per heavy atom. The summed E-state index contributed by atoms with van der Waals surface area (Å²) in [6.07, 6.45) is 0. The van der Waals surface area contributed by atoms with Gasteiger partial charge in [0.05, 0.1) is 11.3 Å². The molecule has 0 atom stereocenters. The first-order chi connectivity index (χ1) is 8.97. The number of carbonyl (C=O) groups excluding carboxylic acids is 1. The van der Waals surface area contributed by atoms with Crippen LogP contribution >= 0.6 is 0 Å². The molecule has 0 aliphatic carbocycles. The van der Waals surface area contributed by atoms with Crippen LogP contribution in [0.15, 0.2) is 18.2 Å². The fourth-order valence-corrected chi connectivity index (χ4v) is 2.08. The summed E-state index contributed by atoms with van der Waals surface area (Å²) in [6, 6.07) is 8.64. The highest BCUT2D eigenvalue weighted by molar-refractivity contribution is 5.96. The Balaban J connectivity index is 2.22. The van der Waals surface area contributed by atoms with Crippen LogP contribution < -0.4 is 10.2 Å². The second kappa shape index (κ2) is 5.61. The molecule has 0 spiro atoms. The molecule has 1 aliphatic heterocycles. The first-order valence-electron chi connectivity index (χ1n) is 6.67. The molecule has 1 aromatic carbocycles. The second-order valence-electron chi connectivity index (χ2n) is 5.67. The van der Waals surface area contributed by atoms with Gasteiger partial charge in [-0.05, 0) is 26.8 Å². The Labute approximate surface area is 114 Å². The molecule has 0 bridgehead atoms. The van der Waals surface area contributed by atoms with Gasteiger partial charge in [0.2, 0.25) is 0 Å². The van der Waals surface area contributed by atoms with Crippen molar-refractivity contribution in [1.82, 2.24) is 5.32 Å². The lowest BCUT2D eigenvalue weighted by Crippen LogP contribution is -2.44. The lowest BCUT2D eigenvalue weighted by atomic mass is 10.1. The van der Waals surface area contributed by atoms with Crippen LogP contribution in [0.5, 0.6) is 0 Å². The number of benzene rings is 1. The van der Waals surface area contributed by atoms with Crippen molar-refractivity contribution in [2.75, 3.05) is 31.1 Å². The molecule has 0 saturated carbocycles. The van der Waals surface area contributed by atoms with Gasteiger partial charge in [-0.15, -0.1) is 0 Å².